The quantitative estimate of drug-likeness (QED) is 0.710. The average molecular weight is 493 g/mol. The maximum atomic E-state index is 12.6. The monoisotopic (exact) mass is 492 g/mol. The number of hydrogen-bond acceptors (Lipinski definition) is 6. The number of carbonyl (C=O) groups excluding carboxylic acids is 2. The highest BCUT2D eigenvalue weighted by Gasteiger charge is 2.44. The maximum Gasteiger partial charge on any atom is 0.409 e. The molecule has 9 nitrogen and oxygen atoms in total. The number of piperidine rings is 2. The van der Waals surface area contributed by atoms with Gasteiger partial charge in [0.1, 0.15) is 0 Å². The summed E-state index contributed by atoms with van der Waals surface area (Å²) in [4.78, 5) is 31.6. The molecule has 0 radical (unpaired) electrons. The summed E-state index contributed by atoms with van der Waals surface area (Å²) in [6, 6.07) is 8.25. The summed E-state index contributed by atoms with van der Waals surface area (Å²) < 4.78 is 6.83. The smallest absolute Gasteiger partial charge is 0.409 e. The van der Waals surface area contributed by atoms with Crippen LogP contribution in [0.5, 0.6) is 0 Å². The van der Waals surface area contributed by atoms with E-state index in [-0.39, 0.29) is 17.9 Å². The Kier molecular flexibility index (Phi) is 5.90. The van der Waals surface area contributed by atoms with Gasteiger partial charge in [0.2, 0.25) is 5.91 Å². The van der Waals surface area contributed by atoms with E-state index in [1.165, 1.54) is 25.6 Å². The first kappa shape index (κ1) is 23.3. The molecule has 2 aromatic rings. The molecule has 6 rings (SSSR count). The Balaban J connectivity index is 1.18. The van der Waals surface area contributed by atoms with Crippen molar-refractivity contribution in [1.82, 2.24) is 24.9 Å². The zero-order valence-corrected chi connectivity index (χ0v) is 21.3. The molecule has 4 aliphatic heterocycles. The van der Waals surface area contributed by atoms with E-state index < -0.39 is 0 Å². The van der Waals surface area contributed by atoms with Gasteiger partial charge in [-0.15, -0.1) is 0 Å². The van der Waals surface area contributed by atoms with Crippen molar-refractivity contribution in [1.29, 1.82) is 0 Å². The first-order valence-corrected chi connectivity index (χ1v) is 13.2. The molecule has 3 unspecified atom stereocenters. The van der Waals surface area contributed by atoms with E-state index in [1.54, 1.807) is 0 Å². The molecule has 2 bridgehead atoms. The van der Waals surface area contributed by atoms with Gasteiger partial charge in [0, 0.05) is 68.1 Å². The van der Waals surface area contributed by atoms with Gasteiger partial charge in [-0.3, -0.25) is 14.4 Å². The first-order chi connectivity index (χ1) is 17.4. The van der Waals surface area contributed by atoms with E-state index in [4.69, 9.17) is 9.84 Å². The summed E-state index contributed by atoms with van der Waals surface area (Å²) in [6.07, 6.45) is 5.85. The lowest BCUT2D eigenvalue weighted by Gasteiger charge is -2.48. The Morgan fingerprint density at radius 2 is 1.81 bits per heavy atom. The number of carbonyl (C=O) groups is 2. The minimum absolute atomic E-state index is 0.000410. The van der Waals surface area contributed by atoms with Gasteiger partial charge in [-0.25, -0.2) is 4.79 Å². The summed E-state index contributed by atoms with van der Waals surface area (Å²) >= 11 is 0. The maximum absolute atomic E-state index is 12.6. The van der Waals surface area contributed by atoms with Gasteiger partial charge in [-0.2, -0.15) is 5.10 Å². The second-order valence-electron chi connectivity index (χ2n) is 10.8. The van der Waals surface area contributed by atoms with Crippen molar-refractivity contribution in [3.8, 4) is 0 Å². The van der Waals surface area contributed by atoms with Crippen LogP contribution in [0, 0.1) is 0 Å². The Morgan fingerprint density at radius 3 is 2.47 bits per heavy atom. The number of ether oxygens (including phenoxy) is 1. The van der Waals surface area contributed by atoms with Gasteiger partial charge in [0.25, 0.3) is 0 Å². The number of anilines is 1. The van der Waals surface area contributed by atoms with Crippen LogP contribution >= 0.6 is 0 Å². The number of aromatic nitrogens is 2. The molecular weight excluding hydrogens is 456 g/mol. The van der Waals surface area contributed by atoms with Crippen LogP contribution < -0.4 is 10.2 Å². The van der Waals surface area contributed by atoms with Crippen LogP contribution in [0.15, 0.2) is 30.5 Å². The van der Waals surface area contributed by atoms with E-state index in [0.29, 0.717) is 18.1 Å². The Bertz CT molecular complexity index is 1190. The molecule has 4 saturated heterocycles. The second kappa shape index (κ2) is 9.10. The molecule has 0 aliphatic carbocycles. The fourth-order valence-electron chi connectivity index (χ4n) is 6.98. The number of aryl methyl sites for hydroxylation is 1. The molecule has 1 aromatic heterocycles. The van der Waals surface area contributed by atoms with Crippen LogP contribution in [0.4, 0.5) is 10.5 Å². The van der Waals surface area contributed by atoms with Crippen molar-refractivity contribution >= 4 is 28.6 Å². The lowest BCUT2D eigenvalue weighted by atomic mass is 9.92. The van der Waals surface area contributed by atoms with Gasteiger partial charge in [-0.05, 0) is 56.7 Å². The molecule has 4 fully saturated rings. The zero-order valence-electron chi connectivity index (χ0n) is 21.3. The molecule has 0 saturated carbocycles. The van der Waals surface area contributed by atoms with E-state index in [9.17, 15) is 9.59 Å². The number of hydrogen-bond donors (Lipinski definition) is 1. The Hall–Kier alpha value is -3.07. The molecule has 1 N–H and O–H groups in total. The highest BCUT2D eigenvalue weighted by atomic mass is 16.5. The summed E-state index contributed by atoms with van der Waals surface area (Å²) in [6.45, 7) is 7.52. The van der Waals surface area contributed by atoms with Gasteiger partial charge in [-0.1, -0.05) is 6.58 Å². The largest absolute Gasteiger partial charge is 0.453 e. The third-order valence-electron chi connectivity index (χ3n) is 8.77. The number of piperazine rings is 1. The van der Waals surface area contributed by atoms with E-state index >= 15 is 0 Å². The topological polar surface area (TPSA) is 82.9 Å². The van der Waals surface area contributed by atoms with Crippen LogP contribution in [0.2, 0.25) is 0 Å². The molecule has 9 heteroatoms. The summed E-state index contributed by atoms with van der Waals surface area (Å²) in [5.74, 6) is -0.226. The number of amides is 2. The van der Waals surface area contributed by atoms with Crippen molar-refractivity contribution in [3.05, 3.63) is 36.2 Å². The first-order valence-electron chi connectivity index (χ1n) is 13.2. The number of nitrogens with zero attached hydrogens (tertiary/aromatic N) is 5. The predicted octanol–water partition coefficient (Wildman–Crippen LogP) is 2.96. The molecule has 5 heterocycles. The van der Waals surface area contributed by atoms with Gasteiger partial charge in [0.05, 0.1) is 24.2 Å². The molecule has 36 heavy (non-hydrogen) atoms. The number of nitrogens with one attached hydrogen (secondary N) is 1. The van der Waals surface area contributed by atoms with Crippen LogP contribution in [-0.4, -0.2) is 83.0 Å². The van der Waals surface area contributed by atoms with Gasteiger partial charge >= 0.3 is 6.09 Å². The standard InChI is InChI=1S/C27H36N6O3/c1-17-4-8-23(26(34)28-17)25-22-9-7-19(14-24(22)30(2)29-25)32-15-20-5-6-21(16-32)33(20)18-10-12-31(13-11-18)27(35)36-3/h7,9,14,18,20-21,23H,1,4-6,8,10-13,15-16H2,2-3H3,(H,28,34). The lowest BCUT2D eigenvalue weighted by Crippen LogP contribution is -2.59. The van der Waals surface area contributed by atoms with Gasteiger partial charge < -0.3 is 19.9 Å². The number of fused-ring (bicyclic) bond motifs is 3. The molecular formula is C27H36N6O3. The molecule has 2 amide bonds. The van der Waals surface area contributed by atoms with E-state index in [2.05, 4.69) is 39.9 Å². The molecule has 3 atom stereocenters. The van der Waals surface area contributed by atoms with Crippen molar-refractivity contribution in [2.24, 2.45) is 7.05 Å². The zero-order chi connectivity index (χ0) is 25.0. The highest BCUT2D eigenvalue weighted by Crippen LogP contribution is 2.38. The number of likely N-dealkylation sites (tertiary alicyclic amines) is 1. The third-order valence-corrected chi connectivity index (χ3v) is 8.77. The van der Waals surface area contributed by atoms with Crippen LogP contribution in [0.1, 0.15) is 50.1 Å². The van der Waals surface area contributed by atoms with Crippen molar-refractivity contribution in [2.75, 3.05) is 38.2 Å². The normalized spacial score (nSPS) is 27.6. The Labute approximate surface area is 212 Å². The van der Waals surface area contributed by atoms with E-state index in [0.717, 1.165) is 74.2 Å². The Morgan fingerprint density at radius 1 is 1.08 bits per heavy atom. The fourth-order valence-corrected chi connectivity index (χ4v) is 6.98. The fraction of sp³-hybridized carbons (Fsp3) is 0.593. The minimum atomic E-state index is -0.227. The second-order valence-corrected chi connectivity index (χ2v) is 10.8. The number of methoxy groups -OCH3 is 1. The van der Waals surface area contributed by atoms with Crippen molar-refractivity contribution in [3.63, 3.8) is 0 Å². The summed E-state index contributed by atoms with van der Waals surface area (Å²) in [7, 11) is 3.43. The van der Waals surface area contributed by atoms with Crippen LogP contribution in [-0.2, 0) is 16.6 Å². The van der Waals surface area contributed by atoms with E-state index in [1.807, 2.05) is 16.6 Å². The van der Waals surface area contributed by atoms with Gasteiger partial charge in [0.15, 0.2) is 0 Å². The van der Waals surface area contributed by atoms with Crippen molar-refractivity contribution < 1.29 is 14.3 Å². The predicted molar refractivity (Wildman–Crippen MR) is 138 cm³/mol. The van der Waals surface area contributed by atoms with Crippen molar-refractivity contribution in [2.45, 2.75) is 62.6 Å². The third kappa shape index (κ3) is 3.93. The molecule has 4 aliphatic rings. The van der Waals surface area contributed by atoms with Crippen LogP contribution in [0.3, 0.4) is 0 Å². The summed E-state index contributed by atoms with van der Waals surface area (Å²) in [5.41, 5.74) is 3.97. The number of benzene rings is 1. The summed E-state index contributed by atoms with van der Waals surface area (Å²) in [5, 5.41) is 8.74. The molecule has 1 aromatic carbocycles. The highest BCUT2D eigenvalue weighted by molar-refractivity contribution is 5.93. The van der Waals surface area contributed by atoms with Crippen LogP contribution in [0.25, 0.3) is 10.9 Å². The SMILES string of the molecule is C=C1CCC(c2nn(C)c3cc(N4CC5CCC(C4)N5C4CCN(C(=O)OC)CC4)ccc23)C(=O)N1. The average Bonchev–Trinajstić information content (AvgIpc) is 3.35. The number of allylic oxidation sites excluding steroid dienone is 1. The minimum Gasteiger partial charge on any atom is -0.453 e. The number of rotatable bonds is 3. The lowest BCUT2D eigenvalue weighted by molar-refractivity contribution is -0.122. The molecule has 0 spiro atoms. The molecule has 192 valence electrons.